The number of rotatable bonds is 3. The zero-order valence-corrected chi connectivity index (χ0v) is 12.7. The number of hydrogen-bond acceptors (Lipinski definition) is 6. The van der Waals surface area contributed by atoms with Crippen LogP contribution in [0.1, 0.15) is 38.7 Å². The first-order valence-corrected chi connectivity index (χ1v) is 7.46. The second-order valence-electron chi connectivity index (χ2n) is 5.77. The quantitative estimate of drug-likeness (QED) is 0.487. The van der Waals surface area contributed by atoms with Gasteiger partial charge in [-0.3, -0.25) is 15.1 Å². The molecule has 22 heavy (non-hydrogen) atoms. The summed E-state index contributed by atoms with van der Waals surface area (Å²) in [5.41, 5.74) is 0.407. The predicted molar refractivity (Wildman–Crippen MR) is 81.4 cm³/mol. The SMILES string of the molecule is CC1CCCC(C)N1N=Cc1cc2c(cc1[N+](=O)[O-])OCO2. The van der Waals surface area contributed by atoms with Crippen molar-refractivity contribution in [3.63, 3.8) is 0 Å². The summed E-state index contributed by atoms with van der Waals surface area (Å²) in [7, 11) is 0. The number of benzene rings is 1. The Morgan fingerprint density at radius 2 is 1.91 bits per heavy atom. The van der Waals surface area contributed by atoms with Gasteiger partial charge < -0.3 is 9.47 Å². The fourth-order valence-corrected chi connectivity index (χ4v) is 2.97. The molecule has 0 saturated carbocycles. The van der Waals surface area contributed by atoms with Crippen LogP contribution >= 0.6 is 0 Å². The third kappa shape index (κ3) is 2.70. The van der Waals surface area contributed by atoms with Gasteiger partial charge in [0.05, 0.1) is 22.8 Å². The summed E-state index contributed by atoms with van der Waals surface area (Å²) >= 11 is 0. The summed E-state index contributed by atoms with van der Waals surface area (Å²) in [6.45, 7) is 4.34. The van der Waals surface area contributed by atoms with Gasteiger partial charge in [0.15, 0.2) is 11.5 Å². The van der Waals surface area contributed by atoms with Gasteiger partial charge in [-0.1, -0.05) is 0 Å². The van der Waals surface area contributed by atoms with Gasteiger partial charge in [-0.2, -0.15) is 5.10 Å². The number of nitro benzene ring substituents is 1. The molecule has 2 heterocycles. The highest BCUT2D eigenvalue weighted by atomic mass is 16.7. The molecule has 1 fully saturated rings. The van der Waals surface area contributed by atoms with Crippen LogP contribution in [0.2, 0.25) is 0 Å². The highest BCUT2D eigenvalue weighted by Crippen LogP contribution is 2.37. The topological polar surface area (TPSA) is 77.2 Å². The lowest BCUT2D eigenvalue weighted by molar-refractivity contribution is -0.385. The fraction of sp³-hybridized carbons (Fsp3) is 0.533. The minimum Gasteiger partial charge on any atom is -0.454 e. The van der Waals surface area contributed by atoms with Crippen molar-refractivity contribution < 1.29 is 14.4 Å². The van der Waals surface area contributed by atoms with Crippen molar-refractivity contribution in [1.29, 1.82) is 0 Å². The van der Waals surface area contributed by atoms with E-state index in [1.165, 1.54) is 12.5 Å². The van der Waals surface area contributed by atoms with Crippen LogP contribution in [0.15, 0.2) is 17.2 Å². The maximum absolute atomic E-state index is 11.2. The number of piperidine rings is 1. The second-order valence-corrected chi connectivity index (χ2v) is 5.77. The van der Waals surface area contributed by atoms with Crippen molar-refractivity contribution in [3.8, 4) is 11.5 Å². The molecule has 2 aliphatic heterocycles. The summed E-state index contributed by atoms with van der Waals surface area (Å²) in [6.07, 6.45) is 4.92. The van der Waals surface area contributed by atoms with Gasteiger partial charge in [0.2, 0.25) is 6.79 Å². The Morgan fingerprint density at radius 1 is 1.27 bits per heavy atom. The third-order valence-corrected chi connectivity index (χ3v) is 4.20. The molecule has 0 aromatic heterocycles. The van der Waals surface area contributed by atoms with Gasteiger partial charge in [0.1, 0.15) is 0 Å². The lowest BCUT2D eigenvalue weighted by Gasteiger charge is -2.36. The van der Waals surface area contributed by atoms with E-state index in [0.29, 0.717) is 29.1 Å². The van der Waals surface area contributed by atoms with Crippen LogP contribution in [-0.4, -0.2) is 35.0 Å². The molecule has 2 unspecified atom stereocenters. The molecule has 0 radical (unpaired) electrons. The minimum absolute atomic E-state index is 0.0229. The Labute approximate surface area is 128 Å². The van der Waals surface area contributed by atoms with E-state index in [2.05, 4.69) is 18.9 Å². The molecule has 7 nitrogen and oxygen atoms in total. The maximum atomic E-state index is 11.2. The zero-order chi connectivity index (χ0) is 15.7. The molecule has 2 atom stereocenters. The van der Waals surface area contributed by atoms with E-state index >= 15 is 0 Å². The maximum Gasteiger partial charge on any atom is 0.282 e. The van der Waals surface area contributed by atoms with Crippen molar-refractivity contribution in [2.75, 3.05) is 6.79 Å². The van der Waals surface area contributed by atoms with Crippen LogP contribution in [-0.2, 0) is 0 Å². The van der Waals surface area contributed by atoms with Crippen molar-refractivity contribution in [1.82, 2.24) is 5.01 Å². The Balaban J connectivity index is 1.90. The van der Waals surface area contributed by atoms with Gasteiger partial charge in [0, 0.05) is 12.1 Å². The van der Waals surface area contributed by atoms with E-state index in [9.17, 15) is 10.1 Å². The number of fused-ring (bicyclic) bond motifs is 1. The monoisotopic (exact) mass is 305 g/mol. The Morgan fingerprint density at radius 3 is 2.55 bits per heavy atom. The molecule has 0 bridgehead atoms. The predicted octanol–water partition coefficient (Wildman–Crippen LogP) is 2.92. The van der Waals surface area contributed by atoms with E-state index < -0.39 is 4.92 Å². The van der Waals surface area contributed by atoms with Crippen molar-refractivity contribution in [2.45, 2.75) is 45.2 Å². The normalized spacial score (nSPS) is 24.0. The summed E-state index contributed by atoms with van der Waals surface area (Å²) in [6, 6.07) is 3.69. The highest BCUT2D eigenvalue weighted by Gasteiger charge is 2.25. The van der Waals surface area contributed by atoms with E-state index in [1.54, 1.807) is 12.3 Å². The third-order valence-electron chi connectivity index (χ3n) is 4.20. The van der Waals surface area contributed by atoms with Gasteiger partial charge in [-0.05, 0) is 39.2 Å². The van der Waals surface area contributed by atoms with Crippen LogP contribution in [0.25, 0.3) is 0 Å². The molecule has 0 spiro atoms. The van der Waals surface area contributed by atoms with Crippen molar-refractivity contribution >= 4 is 11.9 Å². The first-order chi connectivity index (χ1) is 10.6. The summed E-state index contributed by atoms with van der Waals surface area (Å²) in [4.78, 5) is 10.8. The standard InChI is InChI=1S/C15H19N3O4/c1-10-4-3-5-11(2)17(10)16-8-12-6-14-15(22-9-21-14)7-13(12)18(19)20/h6-8,10-11H,3-5,9H2,1-2H3. The van der Waals surface area contributed by atoms with Gasteiger partial charge in [-0.15, -0.1) is 0 Å². The van der Waals surface area contributed by atoms with Crippen molar-refractivity contribution in [3.05, 3.63) is 27.8 Å². The van der Waals surface area contributed by atoms with E-state index in [0.717, 1.165) is 12.8 Å². The van der Waals surface area contributed by atoms with Gasteiger partial charge in [-0.25, -0.2) is 0 Å². The van der Waals surface area contributed by atoms with E-state index in [4.69, 9.17) is 9.47 Å². The molecule has 1 aromatic carbocycles. The average Bonchev–Trinajstić information content (AvgIpc) is 2.93. The Hall–Kier alpha value is -2.31. The van der Waals surface area contributed by atoms with E-state index in [1.807, 2.05) is 5.01 Å². The van der Waals surface area contributed by atoms with Gasteiger partial charge in [0.25, 0.3) is 5.69 Å². The van der Waals surface area contributed by atoms with Gasteiger partial charge >= 0.3 is 0 Å². The second kappa shape index (κ2) is 5.82. The number of nitrogens with zero attached hydrogens (tertiary/aromatic N) is 3. The molecule has 118 valence electrons. The van der Waals surface area contributed by atoms with Crippen LogP contribution < -0.4 is 9.47 Å². The number of ether oxygens (including phenoxy) is 2. The van der Waals surface area contributed by atoms with Crippen LogP contribution in [0.5, 0.6) is 11.5 Å². The Kier molecular flexibility index (Phi) is 3.87. The number of hydrogen-bond donors (Lipinski definition) is 0. The minimum atomic E-state index is -0.424. The molecular weight excluding hydrogens is 286 g/mol. The van der Waals surface area contributed by atoms with Crippen LogP contribution in [0.4, 0.5) is 5.69 Å². The molecule has 3 rings (SSSR count). The van der Waals surface area contributed by atoms with Crippen LogP contribution in [0, 0.1) is 10.1 Å². The zero-order valence-electron chi connectivity index (χ0n) is 12.7. The highest BCUT2D eigenvalue weighted by molar-refractivity contribution is 5.87. The first-order valence-electron chi connectivity index (χ1n) is 7.46. The molecule has 1 aromatic rings. The molecule has 2 aliphatic rings. The number of nitro groups is 1. The average molecular weight is 305 g/mol. The molecule has 0 aliphatic carbocycles. The molecule has 7 heteroatoms. The Bertz CT molecular complexity index is 607. The largest absolute Gasteiger partial charge is 0.454 e. The first kappa shape index (κ1) is 14.6. The molecular formula is C15H19N3O4. The van der Waals surface area contributed by atoms with E-state index in [-0.39, 0.29) is 12.5 Å². The smallest absolute Gasteiger partial charge is 0.282 e. The number of hydrazone groups is 1. The van der Waals surface area contributed by atoms with Crippen molar-refractivity contribution in [2.24, 2.45) is 5.10 Å². The molecule has 0 N–H and O–H groups in total. The summed E-state index contributed by atoms with van der Waals surface area (Å²) < 4.78 is 10.5. The summed E-state index contributed by atoms with van der Waals surface area (Å²) in [5, 5.41) is 17.8. The lowest BCUT2D eigenvalue weighted by atomic mass is 10.00. The molecule has 0 amide bonds. The summed E-state index contributed by atoms with van der Waals surface area (Å²) in [5.74, 6) is 0.926. The van der Waals surface area contributed by atoms with Crippen LogP contribution in [0.3, 0.4) is 0 Å². The fourth-order valence-electron chi connectivity index (χ4n) is 2.97. The molecule has 1 saturated heterocycles. The lowest BCUT2D eigenvalue weighted by Crippen LogP contribution is -2.39.